The molecule has 0 aliphatic rings. The van der Waals surface area contributed by atoms with Crippen molar-refractivity contribution < 1.29 is 49.0 Å². The van der Waals surface area contributed by atoms with Crippen LogP contribution >= 0.6 is 0 Å². The third kappa shape index (κ3) is 30.9. The molecule has 2 N–H and O–H groups in total. The molecule has 49 heavy (non-hydrogen) atoms. The maximum atomic E-state index is 6.78. The topological polar surface area (TPSA) is 128 Å². The second-order valence-electron chi connectivity index (χ2n) is 15.3. The van der Waals surface area contributed by atoms with Crippen LogP contribution < -0.4 is 5.73 Å². The fraction of sp³-hybridized carbons (Fsp3) is 1.00. The zero-order valence-corrected chi connectivity index (χ0v) is 39.8. The van der Waals surface area contributed by atoms with Crippen molar-refractivity contribution in [1.29, 1.82) is 0 Å². The molecule has 0 rings (SSSR count). The van der Waals surface area contributed by atoms with Crippen LogP contribution in [-0.2, 0) is 49.0 Å². The first-order valence-electron chi connectivity index (χ1n) is 18.3. The van der Waals surface area contributed by atoms with Crippen molar-refractivity contribution in [3.63, 3.8) is 0 Å². The summed E-state index contributed by atoms with van der Waals surface area (Å²) in [6.07, 6.45) is 3.34. The van der Waals surface area contributed by atoms with E-state index in [0.717, 1.165) is 18.5 Å². The van der Waals surface area contributed by atoms with Gasteiger partial charge in [-0.1, -0.05) is 19.8 Å². The standard InChI is InChI=1S/C31H77NO11Si6/c1-14-15-30-44(2,3)39-46(6,7)41-48(10,11)43-49(12,13)42-47(8,9)40-45(4,5)31-16-18-33-20-22-35-24-26-37-28-29-38-27-25-36-23-21-34-19-17-32/h14-32H2,1-13H3. The molecular weight excluding hydrogens is 731 g/mol. The third-order valence-electron chi connectivity index (χ3n) is 6.84. The largest absolute Gasteiger partial charge is 0.436 e. The van der Waals surface area contributed by atoms with Gasteiger partial charge in [0.05, 0.1) is 72.7 Å². The molecule has 0 aromatic carbocycles. The summed E-state index contributed by atoms with van der Waals surface area (Å²) in [4.78, 5) is 0. The smallest absolute Gasteiger partial charge is 0.314 e. The fourth-order valence-corrected chi connectivity index (χ4v) is 35.8. The molecule has 0 spiro atoms. The molecule has 0 bridgehead atoms. The van der Waals surface area contributed by atoms with Gasteiger partial charge < -0.3 is 54.7 Å². The van der Waals surface area contributed by atoms with Gasteiger partial charge in [-0.2, -0.15) is 0 Å². The van der Waals surface area contributed by atoms with E-state index in [1.807, 2.05) is 0 Å². The van der Waals surface area contributed by atoms with Gasteiger partial charge in [-0.3, -0.25) is 0 Å². The van der Waals surface area contributed by atoms with Crippen molar-refractivity contribution in [2.75, 3.05) is 85.8 Å². The Morgan fingerprint density at radius 2 is 0.612 bits per heavy atom. The Kier molecular flexibility index (Phi) is 26.2. The van der Waals surface area contributed by atoms with Crippen molar-refractivity contribution in [3.8, 4) is 0 Å². The van der Waals surface area contributed by atoms with Crippen molar-refractivity contribution in [1.82, 2.24) is 0 Å². The predicted octanol–water partition coefficient (Wildman–Crippen LogP) is 6.54. The van der Waals surface area contributed by atoms with E-state index in [1.54, 1.807) is 0 Å². The van der Waals surface area contributed by atoms with Crippen LogP contribution in [0.4, 0.5) is 0 Å². The number of rotatable bonds is 34. The molecule has 0 radical (unpaired) electrons. The van der Waals surface area contributed by atoms with Crippen molar-refractivity contribution >= 4 is 50.9 Å². The lowest BCUT2D eigenvalue weighted by atomic mass is 10.4. The van der Waals surface area contributed by atoms with E-state index in [1.165, 1.54) is 12.8 Å². The lowest BCUT2D eigenvalue weighted by Gasteiger charge is -2.43. The second kappa shape index (κ2) is 25.8. The molecule has 18 heteroatoms. The number of hydrogen-bond acceptors (Lipinski definition) is 12. The molecule has 0 fully saturated rings. The summed E-state index contributed by atoms with van der Waals surface area (Å²) in [5.74, 6) is 0. The van der Waals surface area contributed by atoms with Crippen molar-refractivity contribution in [2.45, 2.75) is 117 Å². The highest BCUT2D eigenvalue weighted by molar-refractivity contribution is 6.91. The summed E-state index contributed by atoms with van der Waals surface area (Å²) in [6.45, 7) is 35.6. The normalized spacial score (nSPS) is 13.8. The van der Waals surface area contributed by atoms with Gasteiger partial charge in [-0.15, -0.1) is 0 Å². The Hall–Kier alpha value is 0.821. The molecule has 0 amide bonds. The molecule has 0 heterocycles. The predicted molar refractivity (Wildman–Crippen MR) is 213 cm³/mol. The molecule has 0 saturated carbocycles. The lowest BCUT2D eigenvalue weighted by molar-refractivity contribution is -0.0163. The zero-order valence-electron chi connectivity index (χ0n) is 33.8. The minimum Gasteiger partial charge on any atom is -0.436 e. The molecular formula is C31H77NO11Si6. The highest BCUT2D eigenvalue weighted by Crippen LogP contribution is 2.29. The Morgan fingerprint density at radius 1 is 0.347 bits per heavy atom. The summed E-state index contributed by atoms with van der Waals surface area (Å²) in [5, 5.41) is 0. The number of unbranched alkanes of at least 4 members (excludes halogenated alkanes) is 1. The van der Waals surface area contributed by atoms with E-state index in [0.29, 0.717) is 85.8 Å². The number of nitrogens with two attached hydrogens (primary N) is 1. The first kappa shape index (κ1) is 49.8. The van der Waals surface area contributed by atoms with E-state index in [-0.39, 0.29) is 0 Å². The maximum absolute atomic E-state index is 6.78. The van der Waals surface area contributed by atoms with Crippen LogP contribution in [0.15, 0.2) is 0 Å². The van der Waals surface area contributed by atoms with Gasteiger partial charge in [-0.05, 0) is 97.1 Å². The van der Waals surface area contributed by atoms with Gasteiger partial charge in [0.15, 0.2) is 16.6 Å². The van der Waals surface area contributed by atoms with Gasteiger partial charge in [0.25, 0.3) is 0 Å². The van der Waals surface area contributed by atoms with Crippen LogP contribution in [0.3, 0.4) is 0 Å². The Morgan fingerprint density at radius 3 is 0.918 bits per heavy atom. The van der Waals surface area contributed by atoms with Gasteiger partial charge in [0, 0.05) is 13.2 Å². The summed E-state index contributed by atoms with van der Waals surface area (Å²) in [7, 11) is -13.6. The molecule has 0 atom stereocenters. The van der Waals surface area contributed by atoms with E-state index in [4.69, 9.17) is 54.7 Å². The highest BCUT2D eigenvalue weighted by Gasteiger charge is 2.47. The van der Waals surface area contributed by atoms with Crippen LogP contribution in [0.2, 0.25) is 90.7 Å². The molecule has 296 valence electrons. The van der Waals surface area contributed by atoms with Crippen LogP contribution in [0.25, 0.3) is 0 Å². The molecule has 0 aromatic rings. The first-order chi connectivity index (χ1) is 22.7. The Balaban J connectivity index is 4.18. The molecule has 0 aliphatic carbocycles. The second-order valence-corrected chi connectivity index (χ2v) is 38.6. The van der Waals surface area contributed by atoms with Gasteiger partial charge in [0.1, 0.15) is 0 Å². The molecule has 12 nitrogen and oxygen atoms in total. The number of hydrogen-bond donors (Lipinski definition) is 1. The van der Waals surface area contributed by atoms with Crippen molar-refractivity contribution in [3.05, 3.63) is 0 Å². The van der Waals surface area contributed by atoms with E-state index in [9.17, 15) is 0 Å². The lowest BCUT2D eigenvalue weighted by Crippen LogP contribution is -2.60. The monoisotopic (exact) mass is 807 g/mol. The van der Waals surface area contributed by atoms with Gasteiger partial charge in [0.2, 0.25) is 0 Å². The minimum absolute atomic E-state index is 0.528. The molecule has 0 saturated heterocycles. The van der Waals surface area contributed by atoms with Gasteiger partial charge >= 0.3 is 34.2 Å². The van der Waals surface area contributed by atoms with E-state index >= 15 is 0 Å². The van der Waals surface area contributed by atoms with E-state index < -0.39 is 50.9 Å². The van der Waals surface area contributed by atoms with Crippen LogP contribution in [0.5, 0.6) is 0 Å². The van der Waals surface area contributed by atoms with Crippen LogP contribution in [0, 0.1) is 0 Å². The third-order valence-corrected chi connectivity index (χ3v) is 30.1. The SMILES string of the molecule is CCCC[Si](C)(C)O[Si](C)(C)O[Si](C)(C)O[Si](C)(C)O[Si](C)(C)O[Si](C)(C)CCCOCCOCCOCCOCCOCCOCCN. The quantitative estimate of drug-likeness (QED) is 0.0561. The van der Waals surface area contributed by atoms with Crippen LogP contribution in [0.1, 0.15) is 26.2 Å². The summed E-state index contributed by atoms with van der Waals surface area (Å²) >= 11 is 0. The fourth-order valence-electron chi connectivity index (χ4n) is 5.78. The average Bonchev–Trinajstić information content (AvgIpc) is 2.91. The highest BCUT2D eigenvalue weighted by atomic mass is 28.5. The average molecular weight is 808 g/mol. The first-order valence-corrected chi connectivity index (χ1v) is 35.8. The minimum atomic E-state index is -2.53. The Labute approximate surface area is 307 Å². The molecule has 0 aliphatic heterocycles. The Bertz CT molecular complexity index is 827. The van der Waals surface area contributed by atoms with E-state index in [2.05, 4.69) is 85.5 Å². The van der Waals surface area contributed by atoms with Crippen molar-refractivity contribution in [2.24, 2.45) is 5.73 Å². The number of ether oxygens (including phenoxy) is 6. The summed E-state index contributed by atoms with van der Waals surface area (Å²) in [6, 6.07) is 2.16. The summed E-state index contributed by atoms with van der Waals surface area (Å²) < 4.78 is 66.7. The maximum Gasteiger partial charge on any atom is 0.314 e. The zero-order chi connectivity index (χ0) is 37.5. The molecule has 0 aromatic heterocycles. The molecule has 0 unspecified atom stereocenters. The summed E-state index contributed by atoms with van der Waals surface area (Å²) in [5.41, 5.74) is 5.36. The van der Waals surface area contributed by atoms with Crippen LogP contribution in [-0.4, -0.2) is 137 Å². The van der Waals surface area contributed by atoms with Gasteiger partial charge in [-0.25, -0.2) is 0 Å².